The summed E-state index contributed by atoms with van der Waals surface area (Å²) in [6.07, 6.45) is 8.08. The average Bonchev–Trinajstić information content (AvgIpc) is 2.12. The summed E-state index contributed by atoms with van der Waals surface area (Å²) in [5, 5.41) is 1.60. The summed E-state index contributed by atoms with van der Waals surface area (Å²) in [4.78, 5) is 8.35. The molecule has 0 amide bonds. The Kier molecular flexibility index (Phi) is 2.64. The Bertz CT molecular complexity index is 280. The largest absolute Gasteiger partial charge is 0.231 e. The van der Waals surface area contributed by atoms with Crippen LogP contribution >= 0.6 is 11.8 Å². The van der Waals surface area contributed by atoms with E-state index in [9.17, 15) is 0 Å². The van der Waals surface area contributed by atoms with E-state index >= 15 is 0 Å². The number of nitrogens with zero attached hydrogens (tertiary/aromatic N) is 2. The van der Waals surface area contributed by atoms with E-state index in [1.165, 1.54) is 12.8 Å². The molecule has 0 bridgehead atoms. The van der Waals surface area contributed by atoms with Crippen LogP contribution in [0.1, 0.15) is 12.8 Å². The van der Waals surface area contributed by atoms with Gasteiger partial charge in [-0.2, -0.15) is 0 Å². The quantitative estimate of drug-likeness (QED) is 0.543. The first-order valence-electron chi connectivity index (χ1n) is 4.44. The van der Waals surface area contributed by atoms with Gasteiger partial charge in [0.1, 0.15) is 0 Å². The number of allylic oxidation sites excluding steroid dienone is 1. The Hall–Kier alpha value is -0.830. The fourth-order valence-electron chi connectivity index (χ4n) is 1.39. The molecule has 0 radical (unpaired) electrons. The molecule has 1 aliphatic carbocycles. The minimum Gasteiger partial charge on any atom is -0.231 e. The maximum absolute atomic E-state index is 4.18. The third-order valence-electron chi connectivity index (χ3n) is 2.28. The molecule has 0 saturated heterocycles. The standard InChI is InChI=1S/C10H12N2S/c1-2-8-6-9(7-8)13-10-11-4-3-5-12-10/h2-5,8-9H,1,6-7H2/t8-,9-. The molecule has 0 N–H and O–H groups in total. The van der Waals surface area contributed by atoms with Crippen LogP contribution in [0.5, 0.6) is 0 Å². The molecule has 1 aromatic rings. The van der Waals surface area contributed by atoms with Crippen molar-refractivity contribution < 1.29 is 0 Å². The predicted octanol–water partition coefficient (Wildman–Crippen LogP) is 2.53. The van der Waals surface area contributed by atoms with Crippen LogP contribution in [-0.2, 0) is 0 Å². The second-order valence-electron chi connectivity index (χ2n) is 3.24. The second kappa shape index (κ2) is 3.92. The molecule has 0 spiro atoms. The zero-order valence-corrected chi connectivity index (χ0v) is 8.20. The van der Waals surface area contributed by atoms with Crippen molar-refractivity contribution in [3.63, 3.8) is 0 Å². The monoisotopic (exact) mass is 192 g/mol. The summed E-state index contributed by atoms with van der Waals surface area (Å²) in [5.41, 5.74) is 0. The van der Waals surface area contributed by atoms with Crippen LogP contribution in [0.4, 0.5) is 0 Å². The number of hydrogen-bond acceptors (Lipinski definition) is 3. The molecule has 1 aromatic heterocycles. The van der Waals surface area contributed by atoms with Crippen molar-refractivity contribution in [2.45, 2.75) is 23.2 Å². The summed E-state index contributed by atoms with van der Waals surface area (Å²) >= 11 is 1.78. The van der Waals surface area contributed by atoms with Crippen LogP contribution in [0.3, 0.4) is 0 Å². The fraction of sp³-hybridized carbons (Fsp3) is 0.400. The van der Waals surface area contributed by atoms with Crippen molar-refractivity contribution in [2.75, 3.05) is 0 Å². The van der Waals surface area contributed by atoms with Crippen molar-refractivity contribution in [1.82, 2.24) is 9.97 Å². The average molecular weight is 192 g/mol. The van der Waals surface area contributed by atoms with Crippen LogP contribution < -0.4 is 0 Å². The molecular weight excluding hydrogens is 180 g/mol. The lowest BCUT2D eigenvalue weighted by atomic mass is 9.85. The number of hydrogen-bond donors (Lipinski definition) is 0. The smallest absolute Gasteiger partial charge is 0.187 e. The van der Waals surface area contributed by atoms with Gasteiger partial charge in [-0.05, 0) is 24.8 Å². The van der Waals surface area contributed by atoms with Crippen LogP contribution in [0.15, 0.2) is 36.3 Å². The van der Waals surface area contributed by atoms with Gasteiger partial charge in [0.15, 0.2) is 5.16 Å². The summed E-state index contributed by atoms with van der Waals surface area (Å²) in [7, 11) is 0. The maximum Gasteiger partial charge on any atom is 0.187 e. The molecule has 3 heteroatoms. The van der Waals surface area contributed by atoms with Gasteiger partial charge >= 0.3 is 0 Å². The Labute approximate surface area is 82.5 Å². The highest BCUT2D eigenvalue weighted by Crippen LogP contribution is 2.39. The van der Waals surface area contributed by atoms with Gasteiger partial charge in [-0.1, -0.05) is 17.8 Å². The number of aromatic nitrogens is 2. The first kappa shape index (κ1) is 8.75. The minimum atomic E-state index is 0.699. The van der Waals surface area contributed by atoms with Crippen LogP contribution in [-0.4, -0.2) is 15.2 Å². The molecule has 2 nitrogen and oxygen atoms in total. The number of rotatable bonds is 3. The highest BCUT2D eigenvalue weighted by molar-refractivity contribution is 7.99. The van der Waals surface area contributed by atoms with Crippen molar-refractivity contribution >= 4 is 11.8 Å². The normalized spacial score (nSPS) is 26.5. The highest BCUT2D eigenvalue weighted by atomic mass is 32.2. The van der Waals surface area contributed by atoms with Gasteiger partial charge in [0.25, 0.3) is 0 Å². The van der Waals surface area contributed by atoms with Crippen LogP contribution in [0, 0.1) is 5.92 Å². The Balaban J connectivity index is 1.84. The van der Waals surface area contributed by atoms with E-state index in [1.54, 1.807) is 24.2 Å². The van der Waals surface area contributed by atoms with E-state index in [0.717, 1.165) is 11.1 Å². The minimum absolute atomic E-state index is 0.699. The third kappa shape index (κ3) is 2.10. The maximum atomic E-state index is 4.18. The molecule has 1 fully saturated rings. The van der Waals surface area contributed by atoms with Crippen molar-refractivity contribution in [1.29, 1.82) is 0 Å². The molecule has 68 valence electrons. The topological polar surface area (TPSA) is 25.8 Å². The molecule has 2 rings (SSSR count). The molecule has 0 aromatic carbocycles. The summed E-state index contributed by atoms with van der Waals surface area (Å²) in [6, 6.07) is 1.84. The van der Waals surface area contributed by atoms with Gasteiger partial charge in [-0.15, -0.1) is 6.58 Å². The fourth-order valence-corrected chi connectivity index (χ4v) is 2.62. The summed E-state index contributed by atoms with van der Waals surface area (Å²) in [5.74, 6) is 0.723. The first-order chi connectivity index (χ1) is 6.38. The van der Waals surface area contributed by atoms with Crippen molar-refractivity contribution in [3.05, 3.63) is 31.1 Å². The summed E-state index contributed by atoms with van der Waals surface area (Å²) in [6.45, 7) is 3.78. The molecule has 13 heavy (non-hydrogen) atoms. The molecule has 0 atom stereocenters. The van der Waals surface area contributed by atoms with Gasteiger partial charge in [-0.3, -0.25) is 0 Å². The Morgan fingerprint density at radius 3 is 2.69 bits per heavy atom. The number of thioether (sulfide) groups is 1. The lowest BCUT2D eigenvalue weighted by Crippen LogP contribution is -2.24. The zero-order chi connectivity index (χ0) is 9.10. The van der Waals surface area contributed by atoms with Gasteiger partial charge in [0.2, 0.25) is 0 Å². The van der Waals surface area contributed by atoms with E-state index in [2.05, 4.69) is 16.5 Å². The van der Waals surface area contributed by atoms with E-state index < -0.39 is 0 Å². The zero-order valence-electron chi connectivity index (χ0n) is 7.39. The van der Waals surface area contributed by atoms with Gasteiger partial charge in [-0.25, -0.2) is 9.97 Å². The van der Waals surface area contributed by atoms with Crippen molar-refractivity contribution in [3.8, 4) is 0 Å². The molecule has 1 saturated carbocycles. The van der Waals surface area contributed by atoms with Gasteiger partial charge in [0.05, 0.1) is 0 Å². The van der Waals surface area contributed by atoms with Gasteiger partial charge < -0.3 is 0 Å². The Morgan fingerprint density at radius 2 is 2.08 bits per heavy atom. The Morgan fingerprint density at radius 1 is 1.38 bits per heavy atom. The lowest BCUT2D eigenvalue weighted by molar-refractivity contribution is 0.403. The molecular formula is C10H12N2S. The van der Waals surface area contributed by atoms with E-state index in [1.807, 2.05) is 12.1 Å². The molecule has 0 aliphatic heterocycles. The third-order valence-corrected chi connectivity index (χ3v) is 3.42. The van der Waals surface area contributed by atoms with Gasteiger partial charge in [0, 0.05) is 17.6 Å². The molecule has 1 aliphatic rings. The van der Waals surface area contributed by atoms with Crippen LogP contribution in [0.2, 0.25) is 0 Å². The second-order valence-corrected chi connectivity index (χ2v) is 4.51. The van der Waals surface area contributed by atoms with E-state index in [-0.39, 0.29) is 0 Å². The highest BCUT2D eigenvalue weighted by Gasteiger charge is 2.27. The van der Waals surface area contributed by atoms with E-state index in [4.69, 9.17) is 0 Å². The lowest BCUT2D eigenvalue weighted by Gasteiger charge is -2.31. The van der Waals surface area contributed by atoms with Crippen LogP contribution in [0.25, 0.3) is 0 Å². The SMILES string of the molecule is C=C[C@H]1C[C@H](Sc2ncccn2)C1. The predicted molar refractivity (Wildman–Crippen MR) is 54.6 cm³/mol. The molecule has 0 unspecified atom stereocenters. The van der Waals surface area contributed by atoms with Crippen molar-refractivity contribution in [2.24, 2.45) is 5.92 Å². The van der Waals surface area contributed by atoms with E-state index in [0.29, 0.717) is 5.25 Å². The first-order valence-corrected chi connectivity index (χ1v) is 5.32. The molecule has 1 heterocycles. The summed E-state index contributed by atoms with van der Waals surface area (Å²) < 4.78 is 0.